The third-order valence-corrected chi connectivity index (χ3v) is 4.70. The van der Waals surface area contributed by atoms with Gasteiger partial charge in [0.2, 0.25) is 0 Å². The summed E-state index contributed by atoms with van der Waals surface area (Å²) in [7, 11) is -2.92. The summed E-state index contributed by atoms with van der Waals surface area (Å²) in [4.78, 5) is 9.13. The molecule has 2 heterocycles. The topological polar surface area (TPSA) is 25.8 Å². The van der Waals surface area contributed by atoms with Gasteiger partial charge in [0.25, 0.3) is 0 Å². The lowest BCUT2D eigenvalue weighted by Crippen LogP contribution is -2.17. The number of rotatable bonds is 1. The number of aromatic nitrogens is 2. The van der Waals surface area contributed by atoms with E-state index in [0.29, 0.717) is 0 Å². The molecule has 0 fully saturated rings. The molecule has 0 N–H and O–H groups in total. The Morgan fingerprint density at radius 3 is 2.00 bits per heavy atom. The van der Waals surface area contributed by atoms with E-state index in [1.54, 1.807) is 6.20 Å². The van der Waals surface area contributed by atoms with Crippen molar-refractivity contribution in [3.05, 3.63) is 47.8 Å². The molecule has 0 radical (unpaired) electrons. The molecule has 2 aromatic rings. The fourth-order valence-electron chi connectivity index (χ4n) is 1.81. The van der Waals surface area contributed by atoms with Crippen LogP contribution in [0.4, 0.5) is 0 Å². The minimum absolute atomic E-state index is 0.770. The first-order valence-electron chi connectivity index (χ1n) is 8.13. The zero-order valence-electron chi connectivity index (χ0n) is 15.4. The first-order chi connectivity index (χ1) is 11.1. The van der Waals surface area contributed by atoms with E-state index in [-0.39, 0.29) is 0 Å². The van der Waals surface area contributed by atoms with Crippen LogP contribution in [-0.2, 0) is 0 Å². The number of hydrogen-bond acceptors (Lipinski definition) is 2. The Hall–Kier alpha value is -2.15. The molecular formula is C20H24N2Si2. The van der Waals surface area contributed by atoms with Crippen molar-refractivity contribution >= 4 is 16.1 Å². The van der Waals surface area contributed by atoms with Crippen LogP contribution in [0, 0.1) is 22.9 Å². The van der Waals surface area contributed by atoms with Crippen LogP contribution in [0.3, 0.4) is 0 Å². The molecule has 0 aliphatic carbocycles. The van der Waals surface area contributed by atoms with Crippen molar-refractivity contribution in [2.45, 2.75) is 39.3 Å². The maximum absolute atomic E-state index is 4.75. The average molecular weight is 349 g/mol. The van der Waals surface area contributed by atoms with E-state index < -0.39 is 16.1 Å². The Labute approximate surface area is 147 Å². The minimum atomic E-state index is -1.48. The van der Waals surface area contributed by atoms with Crippen LogP contribution in [-0.4, -0.2) is 26.1 Å². The summed E-state index contributed by atoms with van der Waals surface area (Å²) in [6.45, 7) is 13.4. The second-order valence-corrected chi connectivity index (χ2v) is 17.3. The van der Waals surface area contributed by atoms with Crippen LogP contribution in [0.2, 0.25) is 39.3 Å². The van der Waals surface area contributed by atoms with E-state index in [1.165, 1.54) is 0 Å². The van der Waals surface area contributed by atoms with Crippen molar-refractivity contribution in [3.8, 4) is 34.3 Å². The highest BCUT2D eigenvalue weighted by atomic mass is 28.3. The van der Waals surface area contributed by atoms with E-state index in [4.69, 9.17) is 4.98 Å². The predicted molar refractivity (Wildman–Crippen MR) is 108 cm³/mol. The summed E-state index contributed by atoms with van der Waals surface area (Å²) in [5, 5.41) is 0. The standard InChI is InChI=1S/C20H24N2Si2/c1-23(2,3)15-12-17-10-11-20(19-9-7-8-14-21-19)22-18(17)13-16-24(4,5)6/h7-11,14H,1-6H3. The first kappa shape index (κ1) is 18.2. The van der Waals surface area contributed by atoms with Crippen LogP contribution >= 0.6 is 0 Å². The van der Waals surface area contributed by atoms with Gasteiger partial charge in [-0.3, -0.25) is 4.98 Å². The van der Waals surface area contributed by atoms with Crippen LogP contribution in [0.15, 0.2) is 36.5 Å². The quantitative estimate of drug-likeness (QED) is 0.556. The van der Waals surface area contributed by atoms with Gasteiger partial charge in [-0.05, 0) is 24.3 Å². The zero-order valence-corrected chi connectivity index (χ0v) is 17.4. The van der Waals surface area contributed by atoms with Crippen molar-refractivity contribution in [3.63, 3.8) is 0 Å². The molecule has 2 aromatic heterocycles. The van der Waals surface area contributed by atoms with E-state index in [1.807, 2.05) is 30.3 Å². The van der Waals surface area contributed by atoms with Crippen LogP contribution in [0.1, 0.15) is 11.3 Å². The Balaban J connectivity index is 2.54. The monoisotopic (exact) mass is 348 g/mol. The molecule has 2 rings (SSSR count). The van der Waals surface area contributed by atoms with Gasteiger partial charge in [0, 0.05) is 6.20 Å². The molecule has 0 atom stereocenters. The highest BCUT2D eigenvalue weighted by molar-refractivity contribution is 6.84. The van der Waals surface area contributed by atoms with Gasteiger partial charge in [0.15, 0.2) is 0 Å². The van der Waals surface area contributed by atoms with Crippen molar-refractivity contribution in [2.75, 3.05) is 0 Å². The predicted octanol–water partition coefficient (Wildman–Crippen LogP) is 4.60. The lowest BCUT2D eigenvalue weighted by molar-refractivity contribution is 1.22. The maximum Gasteiger partial charge on any atom is 0.129 e. The van der Waals surface area contributed by atoms with Gasteiger partial charge in [-0.25, -0.2) is 4.98 Å². The van der Waals surface area contributed by atoms with Gasteiger partial charge in [-0.15, -0.1) is 11.1 Å². The second-order valence-electron chi connectivity index (χ2n) is 7.81. The van der Waals surface area contributed by atoms with Crippen LogP contribution < -0.4 is 0 Å². The Morgan fingerprint density at radius 2 is 1.42 bits per heavy atom. The molecule has 0 spiro atoms. The minimum Gasteiger partial charge on any atom is -0.255 e. The van der Waals surface area contributed by atoms with Crippen LogP contribution in [0.5, 0.6) is 0 Å². The third kappa shape index (κ3) is 5.81. The molecule has 24 heavy (non-hydrogen) atoms. The van der Waals surface area contributed by atoms with E-state index in [9.17, 15) is 0 Å². The van der Waals surface area contributed by atoms with Gasteiger partial charge in [0.1, 0.15) is 21.8 Å². The molecular weight excluding hydrogens is 324 g/mol. The van der Waals surface area contributed by atoms with Crippen molar-refractivity contribution < 1.29 is 0 Å². The van der Waals surface area contributed by atoms with Gasteiger partial charge in [-0.1, -0.05) is 57.2 Å². The molecule has 0 bridgehead atoms. The molecule has 122 valence electrons. The highest BCUT2D eigenvalue weighted by Crippen LogP contribution is 2.16. The number of nitrogens with zero attached hydrogens (tertiary/aromatic N) is 2. The Bertz CT molecular complexity index is 837. The fourth-order valence-corrected chi connectivity index (χ4v) is 2.82. The molecule has 4 heteroatoms. The summed E-state index contributed by atoms with van der Waals surface area (Å²) in [6, 6.07) is 9.85. The maximum atomic E-state index is 4.75. The summed E-state index contributed by atoms with van der Waals surface area (Å²) < 4.78 is 0. The average Bonchev–Trinajstić information content (AvgIpc) is 2.50. The van der Waals surface area contributed by atoms with Gasteiger partial charge >= 0.3 is 0 Å². The highest BCUT2D eigenvalue weighted by Gasteiger charge is 2.11. The summed E-state index contributed by atoms with van der Waals surface area (Å²) >= 11 is 0. The largest absolute Gasteiger partial charge is 0.255 e. The molecule has 0 aromatic carbocycles. The smallest absolute Gasteiger partial charge is 0.129 e. The molecule has 0 amide bonds. The lowest BCUT2D eigenvalue weighted by Gasteiger charge is -2.07. The van der Waals surface area contributed by atoms with Gasteiger partial charge in [-0.2, -0.15) is 0 Å². The number of pyridine rings is 2. The molecule has 0 saturated heterocycles. The fraction of sp³-hybridized carbons (Fsp3) is 0.300. The Kier molecular flexibility index (Phi) is 5.44. The SMILES string of the molecule is C[Si](C)(C)C#Cc1ccc(-c2ccccn2)nc1C#C[Si](C)(C)C. The summed E-state index contributed by atoms with van der Waals surface area (Å²) in [5.74, 6) is 6.60. The van der Waals surface area contributed by atoms with Gasteiger partial charge in [0.05, 0.1) is 17.0 Å². The molecule has 0 unspecified atom stereocenters. The third-order valence-electron chi connectivity index (χ3n) is 2.95. The van der Waals surface area contributed by atoms with E-state index in [2.05, 4.69) is 67.2 Å². The molecule has 0 saturated carbocycles. The Morgan fingerprint density at radius 1 is 0.750 bits per heavy atom. The number of hydrogen-bond donors (Lipinski definition) is 0. The lowest BCUT2D eigenvalue weighted by atomic mass is 10.1. The molecule has 0 aliphatic heterocycles. The summed E-state index contributed by atoms with van der Waals surface area (Å²) in [5.41, 5.74) is 10.2. The van der Waals surface area contributed by atoms with Crippen molar-refractivity contribution in [1.82, 2.24) is 9.97 Å². The summed E-state index contributed by atoms with van der Waals surface area (Å²) in [6.07, 6.45) is 1.78. The van der Waals surface area contributed by atoms with Crippen molar-refractivity contribution in [1.29, 1.82) is 0 Å². The van der Waals surface area contributed by atoms with E-state index >= 15 is 0 Å². The molecule has 2 nitrogen and oxygen atoms in total. The normalized spacial score (nSPS) is 11.1. The second kappa shape index (κ2) is 7.17. The molecule has 0 aliphatic rings. The first-order valence-corrected chi connectivity index (χ1v) is 15.1. The van der Waals surface area contributed by atoms with Crippen LogP contribution in [0.25, 0.3) is 11.4 Å². The van der Waals surface area contributed by atoms with Gasteiger partial charge < -0.3 is 0 Å². The zero-order chi connectivity index (χ0) is 17.8. The van der Waals surface area contributed by atoms with E-state index in [0.717, 1.165) is 22.6 Å². The van der Waals surface area contributed by atoms with Crippen molar-refractivity contribution in [2.24, 2.45) is 0 Å².